The van der Waals surface area contributed by atoms with Crippen LogP contribution in [0.3, 0.4) is 0 Å². The molecule has 1 aliphatic heterocycles. The highest BCUT2D eigenvalue weighted by Gasteiger charge is 2.17. The molecule has 1 unspecified atom stereocenters. The third kappa shape index (κ3) is 2.52. The maximum absolute atomic E-state index is 6.12. The van der Waals surface area contributed by atoms with Crippen LogP contribution in [-0.2, 0) is 6.54 Å². The first-order chi connectivity index (χ1) is 9.65. The van der Waals surface area contributed by atoms with Crippen molar-refractivity contribution in [2.24, 2.45) is 5.92 Å². The van der Waals surface area contributed by atoms with E-state index in [1.165, 1.54) is 31.5 Å². The van der Waals surface area contributed by atoms with E-state index in [4.69, 9.17) is 5.73 Å². The molecule has 1 aromatic heterocycles. The fourth-order valence-corrected chi connectivity index (χ4v) is 3.27. The number of nitrogen functional groups attached to an aromatic ring is 1. The Morgan fingerprint density at radius 2 is 2.00 bits per heavy atom. The summed E-state index contributed by atoms with van der Waals surface area (Å²) in [4.78, 5) is 7.09. The van der Waals surface area contributed by atoms with Crippen molar-refractivity contribution < 1.29 is 0 Å². The molecule has 1 aromatic carbocycles. The lowest BCUT2D eigenvalue weighted by Gasteiger charge is -2.21. The van der Waals surface area contributed by atoms with Crippen molar-refractivity contribution in [3.63, 3.8) is 0 Å². The van der Waals surface area contributed by atoms with E-state index in [1.54, 1.807) is 0 Å². The highest BCUT2D eigenvalue weighted by Crippen LogP contribution is 2.22. The predicted octanol–water partition coefficient (Wildman–Crippen LogP) is 2.66. The second-order valence-electron chi connectivity index (χ2n) is 6.14. The van der Waals surface area contributed by atoms with E-state index in [1.807, 2.05) is 0 Å². The van der Waals surface area contributed by atoms with Crippen LogP contribution < -0.4 is 5.73 Å². The van der Waals surface area contributed by atoms with Gasteiger partial charge in [0.2, 0.25) is 5.95 Å². The van der Waals surface area contributed by atoms with Crippen molar-refractivity contribution >= 4 is 17.0 Å². The molecule has 1 atom stereocenters. The van der Waals surface area contributed by atoms with Crippen LogP contribution in [0.1, 0.15) is 25.3 Å². The number of para-hydroxylation sites is 1. The van der Waals surface area contributed by atoms with E-state index in [9.17, 15) is 0 Å². The Bertz CT molecular complexity index is 596. The lowest BCUT2D eigenvalue weighted by atomic mass is 10.1. The summed E-state index contributed by atoms with van der Waals surface area (Å²) in [6, 6.07) is 6.29. The molecule has 20 heavy (non-hydrogen) atoms. The number of aryl methyl sites for hydroxylation is 1. The first-order valence-corrected chi connectivity index (χ1v) is 7.59. The molecule has 4 heteroatoms. The number of hydrogen-bond acceptors (Lipinski definition) is 3. The standard InChI is InChI=1S/C16H24N4/c1-12(10-19-8-3-4-9-19)11-20-14-7-5-6-13(2)15(14)18-16(20)17/h5-7,12H,3-4,8-11H2,1-2H3,(H2,17,18). The molecule has 3 rings (SSSR count). The van der Waals surface area contributed by atoms with Crippen LogP contribution in [-0.4, -0.2) is 34.1 Å². The number of fused-ring (bicyclic) bond motifs is 1. The lowest BCUT2D eigenvalue weighted by Crippen LogP contribution is -2.27. The lowest BCUT2D eigenvalue weighted by molar-refractivity contribution is 0.273. The topological polar surface area (TPSA) is 47.1 Å². The van der Waals surface area contributed by atoms with Gasteiger partial charge in [-0.2, -0.15) is 0 Å². The molecule has 2 heterocycles. The van der Waals surface area contributed by atoms with E-state index < -0.39 is 0 Å². The predicted molar refractivity (Wildman–Crippen MR) is 83.7 cm³/mol. The number of anilines is 1. The summed E-state index contributed by atoms with van der Waals surface area (Å²) in [5.74, 6) is 1.23. The number of benzene rings is 1. The Morgan fingerprint density at radius 3 is 2.75 bits per heavy atom. The Hall–Kier alpha value is -1.55. The average molecular weight is 272 g/mol. The Labute approximate surface area is 120 Å². The number of likely N-dealkylation sites (tertiary alicyclic amines) is 1. The Balaban J connectivity index is 1.79. The van der Waals surface area contributed by atoms with Crippen molar-refractivity contribution in [2.75, 3.05) is 25.4 Å². The molecule has 0 aliphatic carbocycles. The zero-order chi connectivity index (χ0) is 14.1. The first kappa shape index (κ1) is 13.4. The van der Waals surface area contributed by atoms with Crippen LogP contribution in [0.15, 0.2) is 18.2 Å². The van der Waals surface area contributed by atoms with E-state index in [-0.39, 0.29) is 0 Å². The van der Waals surface area contributed by atoms with Crippen LogP contribution in [0.2, 0.25) is 0 Å². The molecule has 108 valence electrons. The maximum Gasteiger partial charge on any atom is 0.201 e. The first-order valence-electron chi connectivity index (χ1n) is 7.59. The number of rotatable bonds is 4. The van der Waals surface area contributed by atoms with Gasteiger partial charge < -0.3 is 15.2 Å². The molecular formula is C16H24N4. The van der Waals surface area contributed by atoms with Gasteiger partial charge in [-0.05, 0) is 50.4 Å². The molecule has 2 N–H and O–H groups in total. The van der Waals surface area contributed by atoms with Gasteiger partial charge in [0, 0.05) is 13.1 Å². The quantitative estimate of drug-likeness (QED) is 0.931. The van der Waals surface area contributed by atoms with Crippen molar-refractivity contribution in [1.29, 1.82) is 0 Å². The van der Waals surface area contributed by atoms with Gasteiger partial charge in [0.05, 0.1) is 11.0 Å². The van der Waals surface area contributed by atoms with Gasteiger partial charge in [-0.15, -0.1) is 0 Å². The van der Waals surface area contributed by atoms with E-state index in [2.05, 4.69) is 46.5 Å². The highest BCUT2D eigenvalue weighted by atomic mass is 15.2. The van der Waals surface area contributed by atoms with Gasteiger partial charge >= 0.3 is 0 Å². The minimum absolute atomic E-state index is 0.591. The van der Waals surface area contributed by atoms with Gasteiger partial charge in [0.1, 0.15) is 0 Å². The normalized spacial score (nSPS) is 17.9. The van der Waals surface area contributed by atoms with Crippen molar-refractivity contribution in [3.8, 4) is 0 Å². The van der Waals surface area contributed by atoms with Crippen molar-refractivity contribution in [3.05, 3.63) is 23.8 Å². The summed E-state index contributed by atoms with van der Waals surface area (Å²) < 4.78 is 2.17. The largest absolute Gasteiger partial charge is 0.369 e. The highest BCUT2D eigenvalue weighted by molar-refractivity contribution is 5.81. The third-order valence-electron chi connectivity index (χ3n) is 4.27. The zero-order valence-corrected chi connectivity index (χ0v) is 12.5. The fourth-order valence-electron chi connectivity index (χ4n) is 3.27. The molecule has 1 saturated heterocycles. The van der Waals surface area contributed by atoms with Crippen LogP contribution in [0, 0.1) is 12.8 Å². The molecule has 1 fully saturated rings. The summed E-state index contributed by atoms with van der Waals surface area (Å²) in [6.45, 7) is 9.01. The zero-order valence-electron chi connectivity index (χ0n) is 12.5. The van der Waals surface area contributed by atoms with Crippen LogP contribution in [0.4, 0.5) is 5.95 Å². The van der Waals surface area contributed by atoms with Gasteiger partial charge in [-0.1, -0.05) is 19.1 Å². The number of hydrogen-bond donors (Lipinski definition) is 1. The monoisotopic (exact) mass is 272 g/mol. The van der Waals surface area contributed by atoms with E-state index >= 15 is 0 Å². The minimum Gasteiger partial charge on any atom is -0.369 e. The van der Waals surface area contributed by atoms with Gasteiger partial charge in [-0.25, -0.2) is 4.98 Å². The molecule has 2 aromatic rings. The Morgan fingerprint density at radius 1 is 1.25 bits per heavy atom. The average Bonchev–Trinajstić information content (AvgIpc) is 3.01. The fraction of sp³-hybridized carbons (Fsp3) is 0.562. The maximum atomic E-state index is 6.12. The molecule has 0 spiro atoms. The molecular weight excluding hydrogens is 248 g/mol. The van der Waals surface area contributed by atoms with Crippen LogP contribution >= 0.6 is 0 Å². The molecule has 0 bridgehead atoms. The Kier molecular flexibility index (Phi) is 3.66. The van der Waals surface area contributed by atoms with Crippen LogP contribution in [0.5, 0.6) is 0 Å². The van der Waals surface area contributed by atoms with Gasteiger partial charge in [0.25, 0.3) is 0 Å². The number of imidazole rings is 1. The van der Waals surface area contributed by atoms with Crippen molar-refractivity contribution in [1.82, 2.24) is 14.5 Å². The van der Waals surface area contributed by atoms with E-state index in [0.29, 0.717) is 11.9 Å². The van der Waals surface area contributed by atoms with Crippen molar-refractivity contribution in [2.45, 2.75) is 33.2 Å². The summed E-state index contributed by atoms with van der Waals surface area (Å²) in [7, 11) is 0. The molecule has 0 saturated carbocycles. The second-order valence-corrected chi connectivity index (χ2v) is 6.14. The molecule has 1 aliphatic rings. The summed E-state index contributed by atoms with van der Waals surface area (Å²) in [5, 5.41) is 0. The smallest absolute Gasteiger partial charge is 0.201 e. The minimum atomic E-state index is 0.591. The summed E-state index contributed by atoms with van der Waals surface area (Å²) in [6.07, 6.45) is 2.70. The number of aromatic nitrogens is 2. The number of nitrogens with zero attached hydrogens (tertiary/aromatic N) is 3. The van der Waals surface area contributed by atoms with Gasteiger partial charge in [0.15, 0.2) is 0 Å². The molecule has 0 radical (unpaired) electrons. The summed E-state index contributed by atoms with van der Waals surface area (Å²) >= 11 is 0. The summed E-state index contributed by atoms with van der Waals surface area (Å²) in [5.41, 5.74) is 9.51. The number of nitrogens with two attached hydrogens (primary N) is 1. The second kappa shape index (κ2) is 5.44. The van der Waals surface area contributed by atoms with Gasteiger partial charge in [-0.3, -0.25) is 0 Å². The molecule has 0 amide bonds. The SMILES string of the molecule is Cc1cccc2c1nc(N)n2CC(C)CN1CCCC1. The van der Waals surface area contributed by atoms with E-state index in [0.717, 1.165) is 24.1 Å². The molecule has 4 nitrogen and oxygen atoms in total. The third-order valence-corrected chi connectivity index (χ3v) is 4.27. The van der Waals surface area contributed by atoms with Crippen LogP contribution in [0.25, 0.3) is 11.0 Å².